The van der Waals surface area contributed by atoms with Gasteiger partial charge in [-0.3, -0.25) is 14.6 Å². The van der Waals surface area contributed by atoms with Gasteiger partial charge in [0.15, 0.2) is 5.75 Å². The molecule has 0 radical (unpaired) electrons. The van der Waals surface area contributed by atoms with E-state index in [1.165, 1.54) is 6.08 Å². The summed E-state index contributed by atoms with van der Waals surface area (Å²) < 4.78 is 5.54. The van der Waals surface area contributed by atoms with Crippen molar-refractivity contribution in [3.63, 3.8) is 0 Å². The Labute approximate surface area is 225 Å². The molecule has 2 aliphatic heterocycles. The predicted octanol–water partition coefficient (Wildman–Crippen LogP) is 4.15. The molecule has 3 aromatic rings. The van der Waals surface area contributed by atoms with Crippen molar-refractivity contribution in [2.45, 2.75) is 18.9 Å². The smallest absolute Gasteiger partial charge is 0.255 e. The number of pyridine rings is 1. The minimum atomic E-state index is -0.164. The third-order valence-electron chi connectivity index (χ3n) is 7.45. The van der Waals surface area contributed by atoms with Crippen molar-refractivity contribution >= 4 is 34.8 Å². The number of fused-ring (bicyclic) bond motifs is 2. The molecule has 2 fully saturated rings. The molecule has 2 aromatic heterocycles. The van der Waals surface area contributed by atoms with E-state index >= 15 is 0 Å². The fourth-order valence-corrected chi connectivity index (χ4v) is 5.77. The summed E-state index contributed by atoms with van der Waals surface area (Å²) in [6.07, 6.45) is 6.52. The van der Waals surface area contributed by atoms with Crippen LogP contribution >= 0.6 is 11.6 Å². The number of anilines is 2. The van der Waals surface area contributed by atoms with Crippen LogP contribution in [0.3, 0.4) is 0 Å². The summed E-state index contributed by atoms with van der Waals surface area (Å²) in [5.41, 5.74) is 4.83. The van der Waals surface area contributed by atoms with E-state index in [1.807, 2.05) is 23.1 Å². The molecule has 3 aliphatic rings. The first-order chi connectivity index (χ1) is 18.5. The highest BCUT2D eigenvalue weighted by Gasteiger charge is 2.53. The van der Waals surface area contributed by atoms with E-state index in [9.17, 15) is 9.59 Å². The number of carbonyl (C=O) groups excluding carboxylic acids is 2. The molecule has 4 heterocycles. The largest absolute Gasteiger partial charge is 0.493 e. The molecule has 8 nitrogen and oxygen atoms in total. The number of methoxy groups -OCH3 is 1. The number of benzene rings is 1. The number of nitrogens with one attached hydrogen (secondary N) is 3. The minimum absolute atomic E-state index is 0.0899. The molecule has 2 amide bonds. The van der Waals surface area contributed by atoms with Crippen molar-refractivity contribution in [3.05, 3.63) is 71.2 Å². The van der Waals surface area contributed by atoms with E-state index in [1.54, 1.807) is 25.6 Å². The Morgan fingerprint density at radius 1 is 1.37 bits per heavy atom. The Hall–Kier alpha value is -4.22. The number of amides is 2. The van der Waals surface area contributed by atoms with Gasteiger partial charge in [-0.2, -0.15) is 0 Å². The number of nitrogens with zero attached hydrogens (tertiary/aromatic N) is 2. The van der Waals surface area contributed by atoms with Gasteiger partial charge in [0, 0.05) is 43.2 Å². The molecule has 0 bridgehead atoms. The first kappa shape index (κ1) is 24.1. The van der Waals surface area contributed by atoms with E-state index in [-0.39, 0.29) is 17.9 Å². The zero-order chi connectivity index (χ0) is 26.4. The first-order valence-corrected chi connectivity index (χ1v) is 12.9. The van der Waals surface area contributed by atoms with Gasteiger partial charge in [0.2, 0.25) is 5.91 Å². The highest BCUT2D eigenvalue weighted by Crippen LogP contribution is 2.49. The molecule has 1 saturated carbocycles. The quantitative estimate of drug-likeness (QED) is 0.342. The van der Waals surface area contributed by atoms with E-state index in [2.05, 4.69) is 39.0 Å². The van der Waals surface area contributed by atoms with Crippen LogP contribution in [0.4, 0.5) is 11.4 Å². The number of aromatic nitrogens is 2. The topological polar surface area (TPSA) is 99.3 Å². The van der Waals surface area contributed by atoms with Crippen LogP contribution in [0.15, 0.2) is 49.3 Å². The van der Waals surface area contributed by atoms with Crippen LogP contribution in [0.25, 0.3) is 11.3 Å². The fourth-order valence-electron chi connectivity index (χ4n) is 5.51. The van der Waals surface area contributed by atoms with Gasteiger partial charge in [-0.15, -0.1) is 0 Å². The fraction of sp³-hybridized carbons (Fsp3) is 0.276. The average molecular weight is 528 g/mol. The third kappa shape index (κ3) is 4.09. The molecule has 3 N–H and O–H groups in total. The maximum absolute atomic E-state index is 13.0. The van der Waals surface area contributed by atoms with Gasteiger partial charge in [-0.25, -0.2) is 0 Å². The third-order valence-corrected chi connectivity index (χ3v) is 7.75. The van der Waals surface area contributed by atoms with Crippen molar-refractivity contribution in [2.24, 2.45) is 11.8 Å². The molecular weight excluding hydrogens is 502 g/mol. The van der Waals surface area contributed by atoms with Gasteiger partial charge in [0.1, 0.15) is 0 Å². The van der Waals surface area contributed by atoms with Crippen LogP contribution < -0.4 is 15.4 Å². The summed E-state index contributed by atoms with van der Waals surface area (Å²) in [5.74, 6) is 7.79. The monoisotopic (exact) mass is 527 g/mol. The number of H-pyrrole nitrogens is 1. The number of aromatic amines is 1. The van der Waals surface area contributed by atoms with Crippen LogP contribution in [0.1, 0.15) is 28.0 Å². The van der Waals surface area contributed by atoms with E-state index in [0.29, 0.717) is 58.1 Å². The lowest BCUT2D eigenvalue weighted by Crippen LogP contribution is -2.36. The number of hydrogen-bond acceptors (Lipinski definition) is 5. The second-order valence-electron chi connectivity index (χ2n) is 9.67. The summed E-state index contributed by atoms with van der Waals surface area (Å²) in [6.45, 7) is 4.91. The number of para-hydroxylation sites is 1. The Balaban J connectivity index is 1.44. The van der Waals surface area contributed by atoms with E-state index in [0.717, 1.165) is 29.9 Å². The van der Waals surface area contributed by atoms with Crippen molar-refractivity contribution in [3.8, 4) is 28.8 Å². The molecule has 6 rings (SSSR count). The van der Waals surface area contributed by atoms with Crippen LogP contribution in [-0.2, 0) is 11.2 Å². The summed E-state index contributed by atoms with van der Waals surface area (Å²) in [7, 11) is 1.55. The number of halogens is 1. The number of piperidine rings is 1. The molecule has 1 aliphatic carbocycles. The predicted molar refractivity (Wildman–Crippen MR) is 146 cm³/mol. The number of ether oxygens (including phenoxy) is 1. The number of hydrogen-bond donors (Lipinski definition) is 3. The molecule has 1 saturated heterocycles. The second-order valence-corrected chi connectivity index (χ2v) is 10.1. The van der Waals surface area contributed by atoms with Crippen molar-refractivity contribution in [1.82, 2.24) is 20.2 Å². The normalized spacial score (nSPS) is 20.9. The Kier molecular flexibility index (Phi) is 6.09. The van der Waals surface area contributed by atoms with Crippen molar-refractivity contribution < 1.29 is 14.3 Å². The lowest BCUT2D eigenvalue weighted by molar-refractivity contribution is -0.126. The van der Waals surface area contributed by atoms with Gasteiger partial charge < -0.3 is 25.3 Å². The van der Waals surface area contributed by atoms with Gasteiger partial charge in [0.05, 0.1) is 46.4 Å². The highest BCUT2D eigenvalue weighted by atomic mass is 35.5. The van der Waals surface area contributed by atoms with Gasteiger partial charge in [-0.05, 0) is 42.5 Å². The SMILES string of the molecule is C=CC(=O)N1C[C@@H]2C[C@@H]2[C@@H]1C#Cc1cnccc1-c1[nH]c2c(c1Nc1cccc(Cl)c1OC)C(=O)NCC2. The number of likely N-dealkylation sites (tertiary alicyclic amines) is 1. The van der Waals surface area contributed by atoms with Gasteiger partial charge in [0.25, 0.3) is 5.91 Å². The second kappa shape index (κ2) is 9.58. The lowest BCUT2D eigenvalue weighted by Gasteiger charge is -2.22. The summed E-state index contributed by atoms with van der Waals surface area (Å²) in [5, 5.41) is 6.79. The Morgan fingerprint density at radius 3 is 3.05 bits per heavy atom. The van der Waals surface area contributed by atoms with Gasteiger partial charge >= 0.3 is 0 Å². The summed E-state index contributed by atoms with van der Waals surface area (Å²) >= 11 is 6.37. The average Bonchev–Trinajstić information content (AvgIpc) is 3.46. The molecule has 1 aromatic carbocycles. The van der Waals surface area contributed by atoms with Crippen LogP contribution in [0, 0.1) is 23.7 Å². The molecule has 0 unspecified atom stereocenters. The molecule has 192 valence electrons. The standard InChI is InChI=1S/C29H26ClN5O3/c1-3-24(36)35-15-17-13-19(17)23(35)8-7-16-14-31-11-9-18(16)26-27(25-21(33-26)10-12-32-29(25)37)34-22-6-4-5-20(30)28(22)38-2/h3-6,9,11,14,17,19,23,33-34H,1,10,12-13,15H2,2H3,(H,32,37)/t17-,19-,23-/m0/s1. The molecular formula is C29H26ClN5O3. The summed E-state index contributed by atoms with van der Waals surface area (Å²) in [4.78, 5) is 35.0. The molecule has 38 heavy (non-hydrogen) atoms. The van der Waals surface area contributed by atoms with Crippen LogP contribution in [0.2, 0.25) is 5.02 Å². The van der Waals surface area contributed by atoms with E-state index in [4.69, 9.17) is 16.3 Å². The molecule has 3 atom stereocenters. The maximum atomic E-state index is 13.0. The summed E-state index contributed by atoms with van der Waals surface area (Å²) in [6, 6.07) is 7.14. The zero-order valence-corrected chi connectivity index (χ0v) is 21.6. The number of carbonyl (C=O) groups is 2. The maximum Gasteiger partial charge on any atom is 0.255 e. The molecule has 9 heteroatoms. The lowest BCUT2D eigenvalue weighted by atomic mass is 10.0. The van der Waals surface area contributed by atoms with Crippen LogP contribution in [0.5, 0.6) is 5.75 Å². The van der Waals surface area contributed by atoms with Gasteiger partial charge in [-0.1, -0.05) is 36.1 Å². The number of rotatable bonds is 5. The Bertz CT molecular complexity index is 1530. The highest BCUT2D eigenvalue weighted by molar-refractivity contribution is 6.32. The minimum Gasteiger partial charge on any atom is -0.493 e. The zero-order valence-electron chi connectivity index (χ0n) is 20.8. The van der Waals surface area contributed by atoms with E-state index < -0.39 is 0 Å². The van der Waals surface area contributed by atoms with Crippen molar-refractivity contribution in [1.29, 1.82) is 0 Å². The van der Waals surface area contributed by atoms with Crippen LogP contribution in [-0.4, -0.2) is 52.9 Å². The molecule has 0 spiro atoms. The van der Waals surface area contributed by atoms with Crippen molar-refractivity contribution in [2.75, 3.05) is 25.5 Å². The first-order valence-electron chi connectivity index (χ1n) is 12.5. The Morgan fingerprint density at radius 2 is 2.24 bits per heavy atom.